The van der Waals surface area contributed by atoms with Gasteiger partial charge in [0.05, 0.1) is 0 Å². The van der Waals surface area contributed by atoms with E-state index in [9.17, 15) is 9.18 Å². The van der Waals surface area contributed by atoms with E-state index in [-0.39, 0.29) is 18.3 Å². The average molecular weight is 382 g/mol. The Balaban J connectivity index is 1.50. The van der Waals surface area contributed by atoms with E-state index in [2.05, 4.69) is 10.1 Å². The van der Waals surface area contributed by atoms with Gasteiger partial charge in [-0.25, -0.2) is 4.39 Å². The SMILES string of the molecule is CN(C(=O)Cn1cccc1-c1nc(-c2ccc(F)cc2)no1)C1CCCCC1. The highest BCUT2D eigenvalue weighted by atomic mass is 19.1. The molecule has 0 atom stereocenters. The molecule has 2 aromatic heterocycles. The van der Waals surface area contributed by atoms with Crippen molar-refractivity contribution >= 4 is 5.91 Å². The smallest absolute Gasteiger partial charge is 0.274 e. The number of aromatic nitrogens is 3. The largest absolute Gasteiger partial charge is 0.341 e. The third-order valence-electron chi connectivity index (χ3n) is 5.40. The second-order valence-electron chi connectivity index (χ2n) is 7.25. The Morgan fingerprint density at radius 3 is 2.71 bits per heavy atom. The molecule has 146 valence electrons. The topological polar surface area (TPSA) is 64.2 Å². The first kappa shape index (κ1) is 18.4. The lowest BCUT2D eigenvalue weighted by Crippen LogP contribution is -2.40. The van der Waals surface area contributed by atoms with Gasteiger partial charge in [-0.15, -0.1) is 0 Å². The minimum absolute atomic E-state index is 0.0719. The van der Waals surface area contributed by atoms with Crippen LogP contribution in [0.1, 0.15) is 32.1 Å². The molecule has 2 heterocycles. The summed E-state index contributed by atoms with van der Waals surface area (Å²) in [7, 11) is 1.89. The summed E-state index contributed by atoms with van der Waals surface area (Å²) in [6.07, 6.45) is 7.62. The van der Waals surface area contributed by atoms with Gasteiger partial charge in [-0.1, -0.05) is 24.4 Å². The molecule has 0 bridgehead atoms. The van der Waals surface area contributed by atoms with Gasteiger partial charge in [0.15, 0.2) is 0 Å². The number of hydrogen-bond acceptors (Lipinski definition) is 4. The van der Waals surface area contributed by atoms with Crippen molar-refractivity contribution < 1.29 is 13.7 Å². The fourth-order valence-electron chi connectivity index (χ4n) is 3.72. The predicted octanol–water partition coefficient (Wildman–Crippen LogP) is 4.14. The van der Waals surface area contributed by atoms with E-state index in [4.69, 9.17) is 4.52 Å². The number of carbonyl (C=O) groups is 1. The number of benzene rings is 1. The van der Waals surface area contributed by atoms with Crippen molar-refractivity contribution in [3.8, 4) is 23.0 Å². The highest BCUT2D eigenvalue weighted by molar-refractivity contribution is 5.77. The van der Waals surface area contributed by atoms with Crippen molar-refractivity contribution in [3.63, 3.8) is 0 Å². The minimum Gasteiger partial charge on any atom is -0.341 e. The maximum absolute atomic E-state index is 13.1. The zero-order valence-corrected chi connectivity index (χ0v) is 15.8. The van der Waals surface area contributed by atoms with Gasteiger partial charge in [-0.05, 0) is 49.2 Å². The van der Waals surface area contributed by atoms with Gasteiger partial charge in [0.25, 0.3) is 5.89 Å². The molecular weight excluding hydrogens is 359 g/mol. The number of carbonyl (C=O) groups excluding carboxylic acids is 1. The molecule has 1 aliphatic carbocycles. The number of likely N-dealkylation sites (N-methyl/N-ethyl adjacent to an activating group) is 1. The number of rotatable bonds is 5. The van der Waals surface area contributed by atoms with Crippen LogP contribution >= 0.6 is 0 Å². The summed E-state index contributed by atoms with van der Waals surface area (Å²) >= 11 is 0. The Kier molecular flexibility index (Phi) is 5.23. The lowest BCUT2D eigenvalue weighted by atomic mass is 9.94. The van der Waals surface area contributed by atoms with E-state index in [1.54, 1.807) is 12.1 Å². The molecule has 1 aromatic carbocycles. The molecule has 1 saturated carbocycles. The van der Waals surface area contributed by atoms with Gasteiger partial charge < -0.3 is 14.0 Å². The number of hydrogen-bond donors (Lipinski definition) is 0. The van der Waals surface area contributed by atoms with Crippen LogP contribution < -0.4 is 0 Å². The summed E-state index contributed by atoms with van der Waals surface area (Å²) in [5, 5.41) is 3.98. The van der Waals surface area contributed by atoms with Crippen LogP contribution in [0.25, 0.3) is 23.0 Å². The molecule has 3 aromatic rings. The van der Waals surface area contributed by atoms with E-state index < -0.39 is 0 Å². The van der Waals surface area contributed by atoms with E-state index in [0.29, 0.717) is 29.0 Å². The van der Waals surface area contributed by atoms with Gasteiger partial charge >= 0.3 is 0 Å². The molecule has 4 rings (SSSR count). The molecule has 1 fully saturated rings. The minimum atomic E-state index is -0.318. The summed E-state index contributed by atoms with van der Waals surface area (Å²) in [6, 6.07) is 9.94. The summed E-state index contributed by atoms with van der Waals surface area (Å²) in [6.45, 7) is 0.226. The van der Waals surface area contributed by atoms with Crippen molar-refractivity contribution in [1.29, 1.82) is 0 Å². The molecule has 1 aliphatic rings. The second kappa shape index (κ2) is 7.96. The zero-order chi connectivity index (χ0) is 19.5. The zero-order valence-electron chi connectivity index (χ0n) is 15.8. The van der Waals surface area contributed by atoms with Crippen LogP contribution in [0.5, 0.6) is 0 Å². The maximum Gasteiger partial charge on any atom is 0.274 e. The van der Waals surface area contributed by atoms with Crippen molar-refractivity contribution in [2.24, 2.45) is 0 Å². The van der Waals surface area contributed by atoms with Crippen LogP contribution in [0.4, 0.5) is 4.39 Å². The summed E-state index contributed by atoms with van der Waals surface area (Å²) in [5.74, 6) is 0.468. The van der Waals surface area contributed by atoms with Crippen molar-refractivity contribution in [3.05, 3.63) is 48.4 Å². The van der Waals surface area contributed by atoms with Gasteiger partial charge in [-0.3, -0.25) is 4.79 Å². The van der Waals surface area contributed by atoms with E-state index >= 15 is 0 Å². The standard InChI is InChI=1S/C21H23FN4O2/c1-25(17-6-3-2-4-7-17)19(27)14-26-13-5-8-18(26)21-23-20(24-28-21)15-9-11-16(22)12-10-15/h5,8-13,17H,2-4,6-7,14H2,1H3. The average Bonchev–Trinajstić information content (AvgIpc) is 3.38. The molecule has 0 saturated heterocycles. The van der Waals surface area contributed by atoms with Gasteiger partial charge in [0, 0.05) is 24.8 Å². The Labute approximate surface area is 163 Å². The predicted molar refractivity (Wildman–Crippen MR) is 103 cm³/mol. The molecule has 0 radical (unpaired) electrons. The fourth-order valence-corrected chi connectivity index (χ4v) is 3.72. The maximum atomic E-state index is 13.1. The highest BCUT2D eigenvalue weighted by Crippen LogP contribution is 2.24. The Morgan fingerprint density at radius 2 is 1.96 bits per heavy atom. The molecule has 0 N–H and O–H groups in total. The van der Waals surface area contributed by atoms with Crippen molar-refractivity contribution in [2.75, 3.05) is 7.05 Å². The molecule has 7 heteroatoms. The lowest BCUT2D eigenvalue weighted by Gasteiger charge is -2.31. The first-order valence-electron chi connectivity index (χ1n) is 9.62. The quantitative estimate of drug-likeness (QED) is 0.665. The lowest BCUT2D eigenvalue weighted by molar-refractivity contribution is -0.133. The van der Waals surface area contributed by atoms with Crippen LogP contribution in [0.2, 0.25) is 0 Å². The van der Waals surface area contributed by atoms with E-state index in [1.165, 1.54) is 31.4 Å². The number of halogens is 1. The van der Waals surface area contributed by atoms with Crippen molar-refractivity contribution in [1.82, 2.24) is 19.6 Å². The van der Waals surface area contributed by atoms with Crippen LogP contribution in [0, 0.1) is 5.82 Å². The molecule has 6 nitrogen and oxygen atoms in total. The third kappa shape index (κ3) is 3.83. The first-order chi connectivity index (χ1) is 13.6. The van der Waals surface area contributed by atoms with Gasteiger partial charge in [-0.2, -0.15) is 4.98 Å². The van der Waals surface area contributed by atoms with Crippen LogP contribution in [-0.2, 0) is 11.3 Å². The van der Waals surface area contributed by atoms with Crippen molar-refractivity contribution in [2.45, 2.75) is 44.7 Å². The molecule has 0 unspecified atom stereocenters. The molecule has 28 heavy (non-hydrogen) atoms. The molecule has 0 aliphatic heterocycles. The fraction of sp³-hybridized carbons (Fsp3) is 0.381. The molecule has 1 amide bonds. The van der Waals surface area contributed by atoms with E-state index in [1.807, 2.05) is 34.8 Å². The highest BCUT2D eigenvalue weighted by Gasteiger charge is 2.23. The van der Waals surface area contributed by atoms with E-state index in [0.717, 1.165) is 12.8 Å². The monoisotopic (exact) mass is 382 g/mol. The van der Waals surface area contributed by atoms with Crippen LogP contribution in [0.3, 0.4) is 0 Å². The number of nitrogens with zero attached hydrogens (tertiary/aromatic N) is 4. The molecule has 0 spiro atoms. The van der Waals surface area contributed by atoms with Crippen LogP contribution in [-0.4, -0.2) is 38.6 Å². The normalized spacial score (nSPS) is 14.9. The molecular formula is C21H23FN4O2. The number of amides is 1. The first-order valence-corrected chi connectivity index (χ1v) is 9.62. The second-order valence-corrected chi connectivity index (χ2v) is 7.25. The summed E-state index contributed by atoms with van der Waals surface area (Å²) in [5.41, 5.74) is 1.36. The Hall–Kier alpha value is -2.96. The summed E-state index contributed by atoms with van der Waals surface area (Å²) < 4.78 is 20.3. The van der Waals surface area contributed by atoms with Gasteiger partial charge in [0.2, 0.25) is 11.7 Å². The van der Waals surface area contributed by atoms with Gasteiger partial charge in [0.1, 0.15) is 18.1 Å². The van der Waals surface area contributed by atoms with Crippen LogP contribution in [0.15, 0.2) is 47.1 Å². The Morgan fingerprint density at radius 1 is 1.21 bits per heavy atom. The Bertz CT molecular complexity index is 941. The third-order valence-corrected chi connectivity index (χ3v) is 5.40. The summed E-state index contributed by atoms with van der Waals surface area (Å²) in [4.78, 5) is 19.0.